The fourth-order valence-electron chi connectivity index (χ4n) is 2.52. The Morgan fingerprint density at radius 1 is 1.32 bits per heavy atom. The summed E-state index contributed by atoms with van der Waals surface area (Å²) in [5, 5.41) is 0. The van der Waals surface area contributed by atoms with Crippen molar-refractivity contribution in [3.8, 4) is 0 Å². The Morgan fingerprint density at radius 3 is 2.58 bits per heavy atom. The van der Waals surface area contributed by atoms with Gasteiger partial charge in [0.25, 0.3) is 0 Å². The number of nitrogens with zero attached hydrogens (tertiary/aromatic N) is 1. The molecule has 1 fully saturated rings. The maximum Gasteiger partial charge on any atom is 0.0231 e. The number of nitrogens with two attached hydrogens (primary N) is 1. The minimum atomic E-state index is 0. The van der Waals surface area contributed by atoms with Crippen LogP contribution in [0.15, 0.2) is 24.3 Å². The first-order valence-electron chi connectivity index (χ1n) is 6.98. The zero-order valence-corrected chi connectivity index (χ0v) is 13.2. The van der Waals surface area contributed by atoms with Crippen molar-refractivity contribution < 1.29 is 0 Å². The summed E-state index contributed by atoms with van der Waals surface area (Å²) in [5.41, 5.74) is 8.94. The van der Waals surface area contributed by atoms with E-state index in [0.29, 0.717) is 0 Å². The molecule has 0 saturated heterocycles. The highest BCUT2D eigenvalue weighted by atomic mass is 35.5. The summed E-state index contributed by atoms with van der Waals surface area (Å²) in [7, 11) is 2.18. The van der Waals surface area contributed by atoms with Gasteiger partial charge in [-0.15, -0.1) is 12.4 Å². The largest absolute Gasteiger partial charge is 0.330 e. The van der Waals surface area contributed by atoms with E-state index in [-0.39, 0.29) is 17.8 Å². The molecule has 0 bridgehead atoms. The van der Waals surface area contributed by atoms with Gasteiger partial charge in [-0.25, -0.2) is 0 Å². The highest BCUT2D eigenvalue weighted by Gasteiger charge is 2.23. The van der Waals surface area contributed by atoms with Gasteiger partial charge in [-0.1, -0.05) is 38.1 Å². The second-order valence-electron chi connectivity index (χ2n) is 6.56. The molecule has 0 amide bonds. The Morgan fingerprint density at radius 2 is 2.00 bits per heavy atom. The molecule has 3 heteroatoms. The van der Waals surface area contributed by atoms with Crippen molar-refractivity contribution >= 4 is 12.4 Å². The van der Waals surface area contributed by atoms with E-state index >= 15 is 0 Å². The highest BCUT2D eigenvalue weighted by Crippen LogP contribution is 2.40. The van der Waals surface area contributed by atoms with Crippen molar-refractivity contribution in [2.75, 3.05) is 20.1 Å². The summed E-state index contributed by atoms with van der Waals surface area (Å²) in [4.78, 5) is 2.37. The number of halogens is 1. The fraction of sp³-hybridized carbons (Fsp3) is 0.625. The molecule has 0 heterocycles. The maximum absolute atomic E-state index is 5.79. The van der Waals surface area contributed by atoms with Gasteiger partial charge in [0.15, 0.2) is 0 Å². The molecule has 2 rings (SSSR count). The van der Waals surface area contributed by atoms with Crippen LogP contribution in [0.4, 0.5) is 0 Å². The lowest BCUT2D eigenvalue weighted by atomic mass is 9.93. The standard InChI is InChI=1S/C16H26N2.ClH/c1-16(2,11-17)12-18(3)10-13-5-4-6-15(9-13)14-7-8-14;/h4-6,9,14H,7-8,10-12,17H2,1-3H3;1H. The minimum absolute atomic E-state index is 0. The number of hydrogen-bond donors (Lipinski definition) is 1. The Labute approximate surface area is 123 Å². The van der Waals surface area contributed by atoms with Crippen LogP contribution in [0.25, 0.3) is 0 Å². The lowest BCUT2D eigenvalue weighted by Crippen LogP contribution is -2.36. The van der Waals surface area contributed by atoms with E-state index in [4.69, 9.17) is 5.73 Å². The van der Waals surface area contributed by atoms with Crippen LogP contribution in [-0.2, 0) is 6.54 Å². The van der Waals surface area contributed by atoms with Crippen LogP contribution in [0.5, 0.6) is 0 Å². The summed E-state index contributed by atoms with van der Waals surface area (Å²) in [6.45, 7) is 7.24. The second kappa shape index (κ2) is 6.74. The molecule has 0 aromatic heterocycles. The first kappa shape index (κ1) is 16.5. The van der Waals surface area contributed by atoms with Gasteiger partial charge in [-0.3, -0.25) is 0 Å². The SMILES string of the molecule is CN(Cc1cccc(C2CC2)c1)CC(C)(C)CN.Cl. The summed E-state index contributed by atoms with van der Waals surface area (Å²) in [6, 6.07) is 9.08. The first-order chi connectivity index (χ1) is 8.50. The Bertz CT molecular complexity index is 399. The van der Waals surface area contributed by atoms with Crippen molar-refractivity contribution in [1.82, 2.24) is 4.90 Å². The molecule has 0 radical (unpaired) electrons. The molecule has 0 aliphatic heterocycles. The molecule has 0 unspecified atom stereocenters. The number of rotatable bonds is 6. The Kier molecular flexibility index (Phi) is 5.84. The predicted octanol–water partition coefficient (Wildman–Crippen LogP) is 3.40. The first-order valence-corrected chi connectivity index (χ1v) is 6.98. The predicted molar refractivity (Wildman–Crippen MR) is 84.8 cm³/mol. The van der Waals surface area contributed by atoms with Crippen LogP contribution in [0, 0.1) is 5.41 Å². The topological polar surface area (TPSA) is 29.3 Å². The Balaban J connectivity index is 0.00000180. The molecule has 19 heavy (non-hydrogen) atoms. The molecule has 0 atom stereocenters. The van der Waals surface area contributed by atoms with Crippen LogP contribution in [-0.4, -0.2) is 25.0 Å². The van der Waals surface area contributed by atoms with Crippen molar-refractivity contribution in [3.05, 3.63) is 35.4 Å². The molecule has 1 aliphatic rings. The second-order valence-corrected chi connectivity index (χ2v) is 6.56. The van der Waals surface area contributed by atoms with E-state index in [2.05, 4.69) is 50.1 Å². The Hall–Kier alpha value is -0.570. The molecule has 108 valence electrons. The van der Waals surface area contributed by atoms with Crippen LogP contribution < -0.4 is 5.73 Å². The summed E-state index contributed by atoms with van der Waals surface area (Å²) in [6.07, 6.45) is 2.75. The van der Waals surface area contributed by atoms with E-state index in [1.54, 1.807) is 0 Å². The maximum atomic E-state index is 5.79. The minimum Gasteiger partial charge on any atom is -0.330 e. The molecular formula is C16H27ClN2. The van der Waals surface area contributed by atoms with E-state index in [0.717, 1.165) is 25.6 Å². The zero-order chi connectivity index (χ0) is 13.2. The molecule has 2 N–H and O–H groups in total. The van der Waals surface area contributed by atoms with Crippen LogP contribution in [0.2, 0.25) is 0 Å². The van der Waals surface area contributed by atoms with Gasteiger partial charge in [0.1, 0.15) is 0 Å². The average molecular weight is 283 g/mol. The average Bonchev–Trinajstić information content (AvgIpc) is 3.12. The molecular weight excluding hydrogens is 256 g/mol. The van der Waals surface area contributed by atoms with Gasteiger partial charge in [0.05, 0.1) is 0 Å². The lowest BCUT2D eigenvalue weighted by Gasteiger charge is -2.29. The van der Waals surface area contributed by atoms with Gasteiger partial charge in [0, 0.05) is 13.1 Å². The highest BCUT2D eigenvalue weighted by molar-refractivity contribution is 5.85. The smallest absolute Gasteiger partial charge is 0.0231 e. The van der Waals surface area contributed by atoms with Gasteiger partial charge in [-0.05, 0) is 48.9 Å². The monoisotopic (exact) mass is 282 g/mol. The van der Waals surface area contributed by atoms with Gasteiger partial charge >= 0.3 is 0 Å². The van der Waals surface area contributed by atoms with E-state index in [1.165, 1.54) is 24.0 Å². The van der Waals surface area contributed by atoms with Gasteiger partial charge < -0.3 is 10.6 Å². The summed E-state index contributed by atoms with van der Waals surface area (Å²) >= 11 is 0. The van der Waals surface area contributed by atoms with Crippen molar-refractivity contribution in [1.29, 1.82) is 0 Å². The summed E-state index contributed by atoms with van der Waals surface area (Å²) < 4.78 is 0. The third kappa shape index (κ3) is 5.13. The van der Waals surface area contributed by atoms with E-state index in [1.807, 2.05) is 0 Å². The molecule has 1 aliphatic carbocycles. The summed E-state index contributed by atoms with van der Waals surface area (Å²) in [5.74, 6) is 0.843. The number of hydrogen-bond acceptors (Lipinski definition) is 2. The fourth-order valence-corrected chi connectivity index (χ4v) is 2.52. The van der Waals surface area contributed by atoms with Crippen LogP contribution >= 0.6 is 12.4 Å². The molecule has 0 spiro atoms. The van der Waals surface area contributed by atoms with E-state index in [9.17, 15) is 0 Å². The van der Waals surface area contributed by atoms with Crippen LogP contribution in [0.1, 0.15) is 43.7 Å². The van der Waals surface area contributed by atoms with Crippen molar-refractivity contribution in [2.24, 2.45) is 11.1 Å². The third-order valence-electron chi connectivity index (χ3n) is 3.70. The zero-order valence-electron chi connectivity index (χ0n) is 12.4. The van der Waals surface area contributed by atoms with Gasteiger partial charge in [0.2, 0.25) is 0 Å². The van der Waals surface area contributed by atoms with Crippen molar-refractivity contribution in [2.45, 2.75) is 39.2 Å². The van der Waals surface area contributed by atoms with Crippen LogP contribution in [0.3, 0.4) is 0 Å². The molecule has 1 aromatic carbocycles. The lowest BCUT2D eigenvalue weighted by molar-refractivity contribution is 0.210. The normalized spacial score (nSPS) is 15.4. The number of benzene rings is 1. The van der Waals surface area contributed by atoms with E-state index < -0.39 is 0 Å². The molecule has 1 aromatic rings. The third-order valence-corrected chi connectivity index (χ3v) is 3.70. The molecule has 1 saturated carbocycles. The molecule has 2 nitrogen and oxygen atoms in total. The van der Waals surface area contributed by atoms with Crippen molar-refractivity contribution in [3.63, 3.8) is 0 Å². The quantitative estimate of drug-likeness (QED) is 0.866. The van der Waals surface area contributed by atoms with Gasteiger partial charge in [-0.2, -0.15) is 0 Å².